The maximum absolute atomic E-state index is 12.5. The molecule has 1 fully saturated rings. The van der Waals surface area contributed by atoms with E-state index in [1.807, 2.05) is 60.4 Å². The summed E-state index contributed by atoms with van der Waals surface area (Å²) in [6.07, 6.45) is 0. The number of hydrogen-bond donors (Lipinski definition) is 1. The van der Waals surface area contributed by atoms with Crippen molar-refractivity contribution < 1.29 is 9.59 Å². The molecule has 1 N–H and O–H groups in total. The SMILES string of the molecule is Cc1ccccc1N1C(=O)CS[C@@H]1c1ccccc1NC(=O)[C@H](C)Cl. The number of carbonyl (C=O) groups excluding carboxylic acids is 2. The Kier molecular flexibility index (Phi) is 5.35. The van der Waals surface area contributed by atoms with Crippen LogP contribution in [0.2, 0.25) is 0 Å². The standard InChI is InChI=1S/C19H19ClN2O2S/c1-12-7-3-6-10-16(12)22-17(23)11-25-19(22)14-8-4-5-9-15(14)21-18(24)13(2)20/h3-10,13,19H,11H2,1-2H3,(H,21,24)/t13-,19+/m0/s1. The van der Waals surface area contributed by atoms with Gasteiger partial charge >= 0.3 is 0 Å². The Balaban J connectivity index is 1.99. The molecule has 2 amide bonds. The largest absolute Gasteiger partial charge is 0.324 e. The van der Waals surface area contributed by atoms with Gasteiger partial charge in [-0.15, -0.1) is 23.4 Å². The van der Waals surface area contributed by atoms with Gasteiger partial charge in [-0.1, -0.05) is 36.4 Å². The highest BCUT2D eigenvalue weighted by molar-refractivity contribution is 8.00. The molecule has 1 heterocycles. The van der Waals surface area contributed by atoms with Crippen LogP contribution >= 0.6 is 23.4 Å². The zero-order valence-electron chi connectivity index (χ0n) is 14.0. The molecular formula is C19H19ClN2O2S. The Morgan fingerprint density at radius 3 is 2.64 bits per heavy atom. The molecular weight excluding hydrogens is 356 g/mol. The number of anilines is 2. The third-order valence-corrected chi connectivity index (χ3v) is 5.48. The second-order valence-electron chi connectivity index (χ2n) is 5.91. The molecule has 0 unspecified atom stereocenters. The second kappa shape index (κ2) is 7.50. The van der Waals surface area contributed by atoms with Gasteiger partial charge < -0.3 is 5.32 Å². The average molecular weight is 375 g/mol. The van der Waals surface area contributed by atoms with E-state index in [9.17, 15) is 9.59 Å². The van der Waals surface area contributed by atoms with Gasteiger partial charge in [0, 0.05) is 16.9 Å². The number of rotatable bonds is 4. The molecule has 0 spiro atoms. The van der Waals surface area contributed by atoms with Crippen LogP contribution in [0.4, 0.5) is 11.4 Å². The number of amides is 2. The van der Waals surface area contributed by atoms with Gasteiger partial charge in [-0.2, -0.15) is 0 Å². The van der Waals surface area contributed by atoms with Crippen LogP contribution in [0.5, 0.6) is 0 Å². The highest BCUT2D eigenvalue weighted by Gasteiger charge is 2.36. The first-order chi connectivity index (χ1) is 12.0. The van der Waals surface area contributed by atoms with Gasteiger partial charge in [0.25, 0.3) is 0 Å². The molecule has 2 aromatic rings. The van der Waals surface area contributed by atoms with Crippen LogP contribution in [0.25, 0.3) is 0 Å². The predicted molar refractivity (Wildman–Crippen MR) is 104 cm³/mol. The van der Waals surface area contributed by atoms with Crippen LogP contribution in [-0.2, 0) is 9.59 Å². The van der Waals surface area contributed by atoms with E-state index < -0.39 is 5.38 Å². The maximum Gasteiger partial charge on any atom is 0.242 e. The van der Waals surface area contributed by atoms with E-state index >= 15 is 0 Å². The van der Waals surface area contributed by atoms with Gasteiger partial charge in [0.15, 0.2) is 0 Å². The molecule has 25 heavy (non-hydrogen) atoms. The Hall–Kier alpha value is -1.98. The van der Waals surface area contributed by atoms with E-state index in [4.69, 9.17) is 11.6 Å². The van der Waals surface area contributed by atoms with E-state index in [0.717, 1.165) is 16.8 Å². The first-order valence-electron chi connectivity index (χ1n) is 8.02. The summed E-state index contributed by atoms with van der Waals surface area (Å²) in [5.41, 5.74) is 3.52. The molecule has 0 bridgehead atoms. The minimum Gasteiger partial charge on any atom is -0.324 e. The van der Waals surface area contributed by atoms with Crippen molar-refractivity contribution >= 4 is 46.6 Å². The maximum atomic E-state index is 12.5. The summed E-state index contributed by atoms with van der Waals surface area (Å²) in [5, 5.41) is 2.06. The molecule has 4 nitrogen and oxygen atoms in total. The summed E-state index contributed by atoms with van der Waals surface area (Å²) < 4.78 is 0. The fourth-order valence-corrected chi connectivity index (χ4v) is 4.07. The first-order valence-corrected chi connectivity index (χ1v) is 9.50. The Labute approximate surface area is 156 Å². The summed E-state index contributed by atoms with van der Waals surface area (Å²) >= 11 is 7.43. The van der Waals surface area contributed by atoms with Crippen molar-refractivity contribution in [2.75, 3.05) is 16.0 Å². The fraction of sp³-hybridized carbons (Fsp3) is 0.263. The van der Waals surface area contributed by atoms with Gasteiger partial charge in [0.1, 0.15) is 10.8 Å². The molecule has 3 rings (SSSR count). The molecule has 0 aliphatic carbocycles. The Bertz CT molecular complexity index is 810. The van der Waals surface area contributed by atoms with E-state index in [-0.39, 0.29) is 17.2 Å². The van der Waals surface area contributed by atoms with Crippen LogP contribution < -0.4 is 10.2 Å². The number of hydrogen-bond acceptors (Lipinski definition) is 3. The molecule has 1 saturated heterocycles. The van der Waals surface area contributed by atoms with Crippen molar-refractivity contribution in [2.24, 2.45) is 0 Å². The Morgan fingerprint density at radius 2 is 1.92 bits per heavy atom. The molecule has 0 radical (unpaired) electrons. The van der Waals surface area contributed by atoms with Crippen LogP contribution in [0.3, 0.4) is 0 Å². The Morgan fingerprint density at radius 1 is 1.24 bits per heavy atom. The lowest BCUT2D eigenvalue weighted by molar-refractivity contribution is -0.116. The van der Waals surface area contributed by atoms with Crippen molar-refractivity contribution in [1.29, 1.82) is 0 Å². The predicted octanol–water partition coefficient (Wildman–Crippen LogP) is 4.34. The van der Waals surface area contributed by atoms with E-state index in [0.29, 0.717) is 11.4 Å². The van der Waals surface area contributed by atoms with Crippen molar-refractivity contribution in [3.05, 3.63) is 59.7 Å². The number of nitrogens with one attached hydrogen (secondary N) is 1. The molecule has 0 saturated carbocycles. The van der Waals surface area contributed by atoms with Crippen molar-refractivity contribution in [3.63, 3.8) is 0 Å². The smallest absolute Gasteiger partial charge is 0.242 e. The van der Waals surface area contributed by atoms with Gasteiger partial charge in [-0.3, -0.25) is 14.5 Å². The number of halogens is 1. The quantitative estimate of drug-likeness (QED) is 0.810. The number of thioether (sulfide) groups is 1. The van der Waals surface area contributed by atoms with E-state index in [1.165, 1.54) is 0 Å². The summed E-state index contributed by atoms with van der Waals surface area (Å²) in [4.78, 5) is 26.4. The highest BCUT2D eigenvalue weighted by atomic mass is 35.5. The van der Waals surface area contributed by atoms with Gasteiger partial charge in [0.2, 0.25) is 11.8 Å². The van der Waals surface area contributed by atoms with Crippen LogP contribution in [0, 0.1) is 6.92 Å². The van der Waals surface area contributed by atoms with Gasteiger partial charge in [0.05, 0.1) is 5.75 Å². The molecule has 130 valence electrons. The number of benzene rings is 2. The zero-order chi connectivity index (χ0) is 18.0. The second-order valence-corrected chi connectivity index (χ2v) is 7.63. The summed E-state index contributed by atoms with van der Waals surface area (Å²) in [6, 6.07) is 15.4. The lowest BCUT2D eigenvalue weighted by Crippen LogP contribution is -2.29. The number of alkyl halides is 1. The van der Waals surface area contributed by atoms with Crippen LogP contribution in [0.1, 0.15) is 23.4 Å². The number of aryl methyl sites for hydroxylation is 1. The molecule has 0 aromatic heterocycles. The molecule has 2 aromatic carbocycles. The summed E-state index contributed by atoms with van der Waals surface area (Å²) in [7, 11) is 0. The molecule has 1 aliphatic heterocycles. The fourth-order valence-electron chi connectivity index (χ4n) is 2.81. The minimum atomic E-state index is -0.626. The zero-order valence-corrected chi connectivity index (χ0v) is 15.6. The number of nitrogens with zero attached hydrogens (tertiary/aromatic N) is 1. The van der Waals surface area contributed by atoms with Crippen LogP contribution in [0.15, 0.2) is 48.5 Å². The topological polar surface area (TPSA) is 49.4 Å². The first kappa shape index (κ1) is 17.8. The van der Waals surface area contributed by atoms with E-state index in [1.54, 1.807) is 18.7 Å². The summed E-state index contributed by atoms with van der Waals surface area (Å²) in [5.74, 6) is 0.217. The molecule has 2 atom stereocenters. The van der Waals surface area contributed by atoms with Gasteiger partial charge in [-0.05, 0) is 31.5 Å². The van der Waals surface area contributed by atoms with Crippen molar-refractivity contribution in [2.45, 2.75) is 24.6 Å². The van der Waals surface area contributed by atoms with Gasteiger partial charge in [-0.25, -0.2) is 0 Å². The third-order valence-electron chi connectivity index (χ3n) is 4.09. The molecule has 6 heteroatoms. The third kappa shape index (κ3) is 3.67. The number of carbonyl (C=O) groups is 2. The van der Waals surface area contributed by atoms with Crippen LogP contribution in [-0.4, -0.2) is 22.9 Å². The monoisotopic (exact) mass is 374 g/mol. The normalized spacial score (nSPS) is 18.3. The minimum absolute atomic E-state index is 0.0659. The van der Waals surface area contributed by atoms with E-state index in [2.05, 4.69) is 5.32 Å². The lowest BCUT2D eigenvalue weighted by Gasteiger charge is -2.27. The van der Waals surface area contributed by atoms with Crippen molar-refractivity contribution in [3.8, 4) is 0 Å². The van der Waals surface area contributed by atoms with Crippen molar-refractivity contribution in [1.82, 2.24) is 0 Å². The summed E-state index contributed by atoms with van der Waals surface area (Å²) in [6.45, 7) is 3.62. The number of para-hydroxylation sites is 2. The lowest BCUT2D eigenvalue weighted by atomic mass is 10.1. The molecule has 1 aliphatic rings. The highest BCUT2D eigenvalue weighted by Crippen LogP contribution is 2.44. The average Bonchev–Trinajstić information content (AvgIpc) is 2.97.